The number of rotatable bonds is 4. The van der Waals surface area contributed by atoms with Crippen molar-refractivity contribution >= 4 is 22.6 Å². The van der Waals surface area contributed by atoms with E-state index in [9.17, 15) is 0 Å². The summed E-state index contributed by atoms with van der Waals surface area (Å²) in [4.78, 5) is 2.44. The third kappa shape index (κ3) is 2.95. The quantitative estimate of drug-likeness (QED) is 0.466. The van der Waals surface area contributed by atoms with Crippen molar-refractivity contribution in [2.45, 2.75) is 17.9 Å². The van der Waals surface area contributed by atoms with Gasteiger partial charge in [-0.25, -0.2) is 0 Å². The lowest BCUT2D eigenvalue weighted by atomic mass is 10.2. The minimum Gasteiger partial charge on any atom is -0.288 e. The molecule has 0 N–H and O–H groups in total. The predicted octanol–water partition coefficient (Wildman–Crippen LogP) is 3.46. The number of nitrogens with zero attached hydrogens (tertiary/aromatic N) is 1. The third-order valence-corrected chi connectivity index (χ3v) is 3.71. The fraction of sp³-hybridized carbons (Fsp3) is 0.455. The van der Waals surface area contributed by atoms with Gasteiger partial charge in [0.1, 0.15) is 0 Å². The third-order valence-electron chi connectivity index (χ3n) is 2.21. The molecule has 0 aliphatic rings. The Morgan fingerprint density at radius 2 is 1.69 bits per heavy atom. The Labute approximate surface area is 94.3 Å². The molecule has 1 aromatic rings. The van der Waals surface area contributed by atoms with Gasteiger partial charge in [0.2, 0.25) is 0 Å². The zero-order valence-electron chi connectivity index (χ0n) is 8.20. The molecule has 1 rings (SSSR count). The Morgan fingerprint density at radius 3 is 2.15 bits per heavy atom. The molecule has 0 aliphatic carbocycles. The maximum absolute atomic E-state index is 2.50. The number of hydrogen-bond donors (Lipinski definition) is 0. The lowest BCUT2D eigenvalue weighted by Crippen LogP contribution is -2.24. The molecular weight excluding hydrogens is 273 g/mol. The largest absolute Gasteiger partial charge is 0.288 e. The number of benzene rings is 1. The summed E-state index contributed by atoms with van der Waals surface area (Å²) in [7, 11) is 0. The second kappa shape index (κ2) is 5.60. The van der Waals surface area contributed by atoms with Gasteiger partial charge >= 0.3 is 0 Å². The van der Waals surface area contributed by atoms with Gasteiger partial charge < -0.3 is 0 Å². The van der Waals surface area contributed by atoms with Crippen molar-refractivity contribution in [3.05, 3.63) is 35.9 Å². The molecule has 0 aromatic heterocycles. The van der Waals surface area contributed by atoms with E-state index in [1.807, 2.05) is 0 Å². The van der Waals surface area contributed by atoms with Gasteiger partial charge in [-0.15, -0.1) is 0 Å². The van der Waals surface area contributed by atoms with Crippen LogP contribution >= 0.6 is 22.6 Å². The lowest BCUT2D eigenvalue weighted by molar-refractivity contribution is 0.299. The fourth-order valence-corrected chi connectivity index (χ4v) is 2.57. The van der Waals surface area contributed by atoms with Gasteiger partial charge in [-0.05, 0) is 18.7 Å². The summed E-state index contributed by atoms with van der Waals surface area (Å²) >= 11 is 2.50. The predicted molar refractivity (Wildman–Crippen MR) is 66.1 cm³/mol. The van der Waals surface area contributed by atoms with Crippen molar-refractivity contribution in [1.29, 1.82) is 0 Å². The van der Waals surface area contributed by atoms with E-state index in [2.05, 4.69) is 71.7 Å². The maximum atomic E-state index is 2.50. The SMILES string of the molecule is CCN(CC)C(I)c1ccccc1. The minimum absolute atomic E-state index is 0.508. The Kier molecular flexibility index (Phi) is 4.73. The van der Waals surface area contributed by atoms with Crippen LogP contribution in [-0.4, -0.2) is 18.0 Å². The topological polar surface area (TPSA) is 3.24 Å². The highest BCUT2D eigenvalue weighted by molar-refractivity contribution is 14.1. The van der Waals surface area contributed by atoms with Crippen LogP contribution in [0.25, 0.3) is 0 Å². The maximum Gasteiger partial charge on any atom is 0.0874 e. The molecule has 0 spiro atoms. The molecule has 0 heterocycles. The molecule has 2 heteroatoms. The molecule has 72 valence electrons. The molecule has 13 heavy (non-hydrogen) atoms. The molecule has 1 atom stereocenters. The van der Waals surface area contributed by atoms with E-state index in [1.165, 1.54) is 5.56 Å². The highest BCUT2D eigenvalue weighted by Crippen LogP contribution is 2.26. The van der Waals surface area contributed by atoms with Crippen LogP contribution in [0.5, 0.6) is 0 Å². The van der Waals surface area contributed by atoms with Crippen molar-refractivity contribution in [2.75, 3.05) is 13.1 Å². The average Bonchev–Trinajstić information content (AvgIpc) is 2.21. The number of hydrogen-bond acceptors (Lipinski definition) is 1. The van der Waals surface area contributed by atoms with Crippen LogP contribution in [0.3, 0.4) is 0 Å². The van der Waals surface area contributed by atoms with E-state index >= 15 is 0 Å². The molecule has 0 saturated heterocycles. The van der Waals surface area contributed by atoms with Crippen molar-refractivity contribution in [2.24, 2.45) is 0 Å². The van der Waals surface area contributed by atoms with E-state index in [0.717, 1.165) is 13.1 Å². The van der Waals surface area contributed by atoms with Crippen molar-refractivity contribution in [3.8, 4) is 0 Å². The Hall–Kier alpha value is -0.0900. The Morgan fingerprint density at radius 1 is 1.15 bits per heavy atom. The van der Waals surface area contributed by atoms with Gasteiger partial charge in [0.15, 0.2) is 0 Å². The second-order valence-corrected chi connectivity index (χ2v) is 4.15. The molecule has 0 bridgehead atoms. The Balaban J connectivity index is 2.72. The summed E-state index contributed by atoms with van der Waals surface area (Å²) < 4.78 is 0.508. The lowest BCUT2D eigenvalue weighted by Gasteiger charge is -2.24. The first-order chi connectivity index (χ1) is 6.29. The van der Waals surface area contributed by atoms with Crippen molar-refractivity contribution in [1.82, 2.24) is 4.90 Å². The number of alkyl halides is 1. The van der Waals surface area contributed by atoms with E-state index < -0.39 is 0 Å². The zero-order valence-corrected chi connectivity index (χ0v) is 10.4. The molecule has 0 saturated carbocycles. The molecule has 0 radical (unpaired) electrons. The van der Waals surface area contributed by atoms with E-state index in [1.54, 1.807) is 0 Å². The summed E-state index contributed by atoms with van der Waals surface area (Å²) in [6.07, 6.45) is 0. The summed E-state index contributed by atoms with van der Waals surface area (Å²) in [6.45, 7) is 6.63. The summed E-state index contributed by atoms with van der Waals surface area (Å²) in [5.74, 6) is 0. The Bertz CT molecular complexity index is 231. The van der Waals surface area contributed by atoms with E-state index in [-0.39, 0.29) is 0 Å². The van der Waals surface area contributed by atoms with Gasteiger partial charge in [0.25, 0.3) is 0 Å². The van der Waals surface area contributed by atoms with Crippen LogP contribution in [0.15, 0.2) is 30.3 Å². The smallest absolute Gasteiger partial charge is 0.0874 e. The van der Waals surface area contributed by atoms with Gasteiger partial charge in [-0.2, -0.15) is 0 Å². The molecular formula is C11H16IN. The highest BCUT2D eigenvalue weighted by Gasteiger charge is 2.12. The monoisotopic (exact) mass is 289 g/mol. The van der Waals surface area contributed by atoms with Gasteiger partial charge in [-0.3, -0.25) is 4.90 Å². The molecule has 0 amide bonds. The van der Waals surface area contributed by atoms with Crippen LogP contribution in [0.1, 0.15) is 23.5 Å². The van der Waals surface area contributed by atoms with Gasteiger partial charge in [-0.1, -0.05) is 66.8 Å². The summed E-state index contributed by atoms with van der Waals surface area (Å²) in [5, 5.41) is 0. The van der Waals surface area contributed by atoms with E-state index in [4.69, 9.17) is 0 Å². The summed E-state index contributed by atoms with van der Waals surface area (Å²) in [6, 6.07) is 10.6. The highest BCUT2D eigenvalue weighted by atomic mass is 127. The van der Waals surface area contributed by atoms with Crippen LogP contribution in [0.4, 0.5) is 0 Å². The molecule has 1 unspecified atom stereocenters. The van der Waals surface area contributed by atoms with Crippen molar-refractivity contribution in [3.63, 3.8) is 0 Å². The first-order valence-electron chi connectivity index (χ1n) is 4.72. The second-order valence-electron chi connectivity index (χ2n) is 2.97. The normalized spacial score (nSPS) is 13.2. The molecule has 0 aliphatic heterocycles. The molecule has 1 aromatic carbocycles. The first kappa shape index (κ1) is 11.0. The van der Waals surface area contributed by atoms with Crippen molar-refractivity contribution < 1.29 is 0 Å². The first-order valence-corrected chi connectivity index (χ1v) is 5.97. The van der Waals surface area contributed by atoms with Crippen LogP contribution in [0.2, 0.25) is 0 Å². The zero-order chi connectivity index (χ0) is 9.68. The van der Waals surface area contributed by atoms with E-state index in [0.29, 0.717) is 4.05 Å². The molecule has 1 nitrogen and oxygen atoms in total. The molecule has 0 fully saturated rings. The van der Waals surface area contributed by atoms with Crippen LogP contribution in [0, 0.1) is 0 Å². The average molecular weight is 289 g/mol. The fourth-order valence-electron chi connectivity index (χ4n) is 1.37. The summed E-state index contributed by atoms with van der Waals surface area (Å²) in [5.41, 5.74) is 1.40. The number of halogens is 1. The van der Waals surface area contributed by atoms with Gasteiger partial charge in [0.05, 0.1) is 4.05 Å². The van der Waals surface area contributed by atoms with Crippen LogP contribution < -0.4 is 0 Å². The van der Waals surface area contributed by atoms with Crippen LogP contribution in [-0.2, 0) is 0 Å². The van der Waals surface area contributed by atoms with Gasteiger partial charge in [0, 0.05) is 0 Å². The standard InChI is InChI=1S/C11H16IN/c1-3-13(4-2)11(12)10-8-6-5-7-9-10/h5-9,11H,3-4H2,1-2H3. The minimum atomic E-state index is 0.508.